The average molecular weight is 250 g/mol. The molecule has 3 nitrogen and oxygen atoms in total. The molecule has 1 N–H and O–H groups in total. The van der Waals surface area contributed by atoms with Gasteiger partial charge in [0.15, 0.2) is 0 Å². The standard InChI is InChI=1S/C14H19FN2O/c1-17-8-4-6-12(10-17)14(18)16-9-11-5-2-3-7-13(11)15/h2-3,5,7,12H,4,6,8-10H2,1H3,(H,16,18). The molecule has 1 aliphatic rings. The second kappa shape index (κ2) is 5.96. The third-order valence-corrected chi connectivity index (χ3v) is 3.41. The van der Waals surface area contributed by atoms with Crippen LogP contribution in [-0.4, -0.2) is 30.9 Å². The summed E-state index contributed by atoms with van der Waals surface area (Å²) in [6.45, 7) is 2.12. The molecule has 1 fully saturated rings. The number of hydrogen-bond donors (Lipinski definition) is 1. The predicted molar refractivity (Wildman–Crippen MR) is 68.5 cm³/mol. The van der Waals surface area contributed by atoms with Gasteiger partial charge in [-0.25, -0.2) is 4.39 Å². The number of benzene rings is 1. The first kappa shape index (κ1) is 13.0. The van der Waals surface area contributed by atoms with Crippen molar-refractivity contribution in [1.82, 2.24) is 10.2 Å². The average Bonchev–Trinajstić information content (AvgIpc) is 2.37. The van der Waals surface area contributed by atoms with Gasteiger partial charge in [0.25, 0.3) is 0 Å². The van der Waals surface area contributed by atoms with E-state index in [9.17, 15) is 9.18 Å². The lowest BCUT2D eigenvalue weighted by atomic mass is 9.97. The first-order chi connectivity index (χ1) is 8.66. The minimum absolute atomic E-state index is 0.0322. The van der Waals surface area contributed by atoms with Crippen LogP contribution in [0.5, 0.6) is 0 Å². The zero-order valence-corrected chi connectivity index (χ0v) is 10.7. The number of nitrogens with one attached hydrogen (secondary N) is 1. The van der Waals surface area contributed by atoms with Gasteiger partial charge in [0, 0.05) is 18.7 Å². The Labute approximate surface area is 107 Å². The van der Waals surface area contributed by atoms with Crippen molar-refractivity contribution in [2.24, 2.45) is 5.92 Å². The van der Waals surface area contributed by atoms with Crippen LogP contribution < -0.4 is 5.32 Å². The van der Waals surface area contributed by atoms with Gasteiger partial charge in [-0.2, -0.15) is 0 Å². The van der Waals surface area contributed by atoms with Gasteiger partial charge in [0.05, 0.1) is 5.92 Å². The Balaban J connectivity index is 1.86. The number of likely N-dealkylation sites (tertiary alicyclic amines) is 1. The molecule has 1 heterocycles. The molecule has 0 spiro atoms. The highest BCUT2D eigenvalue weighted by atomic mass is 19.1. The maximum atomic E-state index is 13.4. The molecule has 0 radical (unpaired) electrons. The second-order valence-corrected chi connectivity index (χ2v) is 4.91. The molecule has 0 aliphatic carbocycles. The summed E-state index contributed by atoms with van der Waals surface area (Å²) in [7, 11) is 2.02. The Morgan fingerprint density at radius 3 is 3.00 bits per heavy atom. The molecule has 18 heavy (non-hydrogen) atoms. The number of amides is 1. The Morgan fingerprint density at radius 1 is 1.50 bits per heavy atom. The summed E-state index contributed by atoms with van der Waals surface area (Å²) in [5.74, 6) is -0.195. The third kappa shape index (κ3) is 3.29. The molecule has 1 amide bonds. The smallest absolute Gasteiger partial charge is 0.224 e. The normalized spacial score (nSPS) is 20.7. The van der Waals surface area contributed by atoms with Crippen LogP contribution >= 0.6 is 0 Å². The van der Waals surface area contributed by atoms with Crippen molar-refractivity contribution >= 4 is 5.91 Å². The van der Waals surface area contributed by atoms with E-state index >= 15 is 0 Å². The van der Waals surface area contributed by atoms with E-state index in [4.69, 9.17) is 0 Å². The zero-order chi connectivity index (χ0) is 13.0. The van der Waals surface area contributed by atoms with E-state index in [1.807, 2.05) is 7.05 Å². The fourth-order valence-electron chi connectivity index (χ4n) is 2.35. The van der Waals surface area contributed by atoms with Crippen molar-refractivity contribution in [3.63, 3.8) is 0 Å². The highest BCUT2D eigenvalue weighted by Gasteiger charge is 2.23. The van der Waals surface area contributed by atoms with E-state index < -0.39 is 0 Å². The highest BCUT2D eigenvalue weighted by molar-refractivity contribution is 5.78. The number of nitrogens with zero attached hydrogens (tertiary/aromatic N) is 1. The zero-order valence-electron chi connectivity index (χ0n) is 10.7. The topological polar surface area (TPSA) is 32.3 Å². The predicted octanol–water partition coefficient (Wildman–Crippen LogP) is 1.78. The molecular weight excluding hydrogens is 231 g/mol. The van der Waals surface area contributed by atoms with Crippen LogP contribution in [0.25, 0.3) is 0 Å². The summed E-state index contributed by atoms with van der Waals surface area (Å²) >= 11 is 0. The summed E-state index contributed by atoms with van der Waals surface area (Å²) < 4.78 is 13.4. The van der Waals surface area contributed by atoms with Crippen molar-refractivity contribution < 1.29 is 9.18 Å². The summed E-state index contributed by atoms with van der Waals surface area (Å²) in [6, 6.07) is 6.54. The Bertz CT molecular complexity index is 422. The lowest BCUT2D eigenvalue weighted by Crippen LogP contribution is -2.41. The van der Waals surface area contributed by atoms with Crippen LogP contribution in [-0.2, 0) is 11.3 Å². The van der Waals surface area contributed by atoms with Crippen molar-refractivity contribution in [2.75, 3.05) is 20.1 Å². The Kier molecular flexibility index (Phi) is 4.31. The number of hydrogen-bond acceptors (Lipinski definition) is 2. The molecule has 0 aromatic heterocycles. The molecule has 1 unspecified atom stereocenters. The fourth-order valence-corrected chi connectivity index (χ4v) is 2.35. The van der Waals surface area contributed by atoms with Gasteiger partial charge in [-0.15, -0.1) is 0 Å². The first-order valence-corrected chi connectivity index (χ1v) is 6.36. The summed E-state index contributed by atoms with van der Waals surface area (Å²) in [6.07, 6.45) is 1.97. The molecule has 4 heteroatoms. The molecule has 0 saturated carbocycles. The third-order valence-electron chi connectivity index (χ3n) is 3.41. The Morgan fingerprint density at radius 2 is 2.28 bits per heavy atom. The van der Waals surface area contributed by atoms with Gasteiger partial charge < -0.3 is 10.2 Å². The lowest BCUT2D eigenvalue weighted by Gasteiger charge is -2.28. The van der Waals surface area contributed by atoms with E-state index in [1.54, 1.807) is 18.2 Å². The van der Waals surface area contributed by atoms with E-state index in [-0.39, 0.29) is 24.2 Å². The summed E-state index contributed by atoms with van der Waals surface area (Å²) in [5.41, 5.74) is 0.537. The van der Waals surface area contributed by atoms with Crippen LogP contribution in [0.3, 0.4) is 0 Å². The number of halogens is 1. The molecule has 98 valence electrons. The van der Waals surface area contributed by atoms with Gasteiger partial charge in [0.2, 0.25) is 5.91 Å². The number of rotatable bonds is 3. The van der Waals surface area contributed by atoms with Crippen molar-refractivity contribution in [1.29, 1.82) is 0 Å². The molecule has 1 aromatic rings. The largest absolute Gasteiger partial charge is 0.352 e. The molecular formula is C14H19FN2O. The van der Waals surface area contributed by atoms with E-state index in [0.717, 1.165) is 25.9 Å². The van der Waals surface area contributed by atoms with Gasteiger partial charge in [-0.05, 0) is 32.5 Å². The maximum absolute atomic E-state index is 13.4. The maximum Gasteiger partial charge on any atom is 0.224 e. The summed E-state index contributed by atoms with van der Waals surface area (Å²) in [4.78, 5) is 14.1. The fraction of sp³-hybridized carbons (Fsp3) is 0.500. The highest BCUT2D eigenvalue weighted by Crippen LogP contribution is 2.15. The monoisotopic (exact) mass is 250 g/mol. The van der Waals surface area contributed by atoms with Crippen LogP contribution in [0, 0.1) is 11.7 Å². The van der Waals surface area contributed by atoms with Crippen LogP contribution in [0.15, 0.2) is 24.3 Å². The van der Waals surface area contributed by atoms with E-state index in [1.165, 1.54) is 6.07 Å². The Hall–Kier alpha value is -1.42. The number of carbonyl (C=O) groups is 1. The first-order valence-electron chi connectivity index (χ1n) is 6.36. The van der Waals surface area contributed by atoms with Gasteiger partial charge in [-0.3, -0.25) is 4.79 Å². The quantitative estimate of drug-likeness (QED) is 0.887. The molecule has 1 atom stereocenters. The van der Waals surface area contributed by atoms with Crippen LogP contribution in [0.1, 0.15) is 18.4 Å². The molecule has 0 bridgehead atoms. The molecule has 1 aliphatic heterocycles. The van der Waals surface area contributed by atoms with Crippen molar-refractivity contribution in [2.45, 2.75) is 19.4 Å². The molecule has 2 rings (SSSR count). The molecule has 1 saturated heterocycles. The van der Waals surface area contributed by atoms with Gasteiger partial charge in [0.1, 0.15) is 5.82 Å². The lowest BCUT2D eigenvalue weighted by molar-refractivity contribution is -0.126. The second-order valence-electron chi connectivity index (χ2n) is 4.91. The van der Waals surface area contributed by atoms with Gasteiger partial charge in [-0.1, -0.05) is 18.2 Å². The minimum Gasteiger partial charge on any atom is -0.352 e. The number of piperidine rings is 1. The SMILES string of the molecule is CN1CCCC(C(=O)NCc2ccccc2F)C1. The van der Waals surface area contributed by atoms with Gasteiger partial charge >= 0.3 is 0 Å². The van der Waals surface area contributed by atoms with E-state index in [0.29, 0.717) is 5.56 Å². The van der Waals surface area contributed by atoms with E-state index in [2.05, 4.69) is 10.2 Å². The number of carbonyl (C=O) groups excluding carboxylic acids is 1. The molecule has 1 aromatic carbocycles. The van der Waals surface area contributed by atoms with Crippen LogP contribution in [0.2, 0.25) is 0 Å². The summed E-state index contributed by atoms with van der Waals surface area (Å²) in [5, 5.41) is 2.82. The van der Waals surface area contributed by atoms with Crippen LogP contribution in [0.4, 0.5) is 4.39 Å². The van der Waals surface area contributed by atoms with Crippen molar-refractivity contribution in [3.8, 4) is 0 Å². The van der Waals surface area contributed by atoms with Crippen molar-refractivity contribution in [3.05, 3.63) is 35.6 Å². The minimum atomic E-state index is -0.265.